The molecule has 0 aromatic carbocycles. The van der Waals surface area contributed by atoms with Gasteiger partial charge in [0.15, 0.2) is 0 Å². The smallest absolute Gasteiger partial charge is 0.236 e. The maximum Gasteiger partial charge on any atom is 0.236 e. The normalized spacial score (nSPS) is 17.1. The zero-order valence-electron chi connectivity index (χ0n) is 9.02. The van der Waals surface area contributed by atoms with Crippen LogP contribution in [0, 0.1) is 11.3 Å². The third kappa shape index (κ3) is 2.22. The van der Waals surface area contributed by atoms with Crippen LogP contribution in [0.1, 0.15) is 31.0 Å². The molecule has 2 rings (SSSR count). The number of aromatic nitrogens is 2. The Bertz CT molecular complexity index is 385. The van der Waals surface area contributed by atoms with Crippen LogP contribution in [0.25, 0.3) is 0 Å². The number of rotatable bonds is 2. The molecule has 0 unspecified atom stereocenters. The fourth-order valence-electron chi connectivity index (χ4n) is 2.08. The molecule has 0 atom stereocenters. The minimum atomic E-state index is -0.0552. The van der Waals surface area contributed by atoms with Gasteiger partial charge in [0.2, 0.25) is 5.91 Å². The lowest BCUT2D eigenvalue weighted by Gasteiger charge is -2.30. The lowest BCUT2D eigenvalue weighted by molar-refractivity contribution is -0.131. The first kappa shape index (κ1) is 10.7. The zero-order valence-corrected chi connectivity index (χ0v) is 9.02. The van der Waals surface area contributed by atoms with Gasteiger partial charge < -0.3 is 9.88 Å². The molecule has 5 heteroatoms. The Hall–Kier alpha value is -1.83. The Kier molecular flexibility index (Phi) is 3.20. The monoisotopic (exact) mass is 218 g/mol. The molecule has 1 N–H and O–H groups in total. The van der Waals surface area contributed by atoms with E-state index in [1.807, 2.05) is 12.3 Å². The van der Waals surface area contributed by atoms with Gasteiger partial charge in [-0.3, -0.25) is 4.79 Å². The van der Waals surface area contributed by atoms with Crippen LogP contribution in [0.15, 0.2) is 12.4 Å². The molecule has 1 aromatic rings. The van der Waals surface area contributed by atoms with Crippen LogP contribution in [0.5, 0.6) is 0 Å². The largest absolute Gasteiger partial charge is 0.348 e. The maximum atomic E-state index is 11.5. The molecule has 16 heavy (non-hydrogen) atoms. The highest BCUT2D eigenvalue weighted by Gasteiger charge is 2.24. The van der Waals surface area contributed by atoms with Gasteiger partial charge in [0.05, 0.1) is 6.07 Å². The molecule has 0 saturated carbocycles. The highest BCUT2D eigenvalue weighted by atomic mass is 16.2. The number of nitrogens with zero attached hydrogens (tertiary/aromatic N) is 3. The van der Waals surface area contributed by atoms with Crippen molar-refractivity contribution >= 4 is 5.91 Å². The van der Waals surface area contributed by atoms with Gasteiger partial charge in [0.25, 0.3) is 0 Å². The molecule has 1 aliphatic heterocycles. The molecule has 0 aliphatic carbocycles. The number of aromatic amines is 1. The fourth-order valence-corrected chi connectivity index (χ4v) is 2.08. The number of nitrogens with one attached hydrogen (secondary N) is 1. The number of imidazole rings is 1. The van der Waals surface area contributed by atoms with E-state index in [0.29, 0.717) is 5.92 Å². The molecule has 1 aliphatic rings. The van der Waals surface area contributed by atoms with Crippen LogP contribution in [-0.4, -0.2) is 33.9 Å². The first-order chi connectivity index (χ1) is 7.81. The molecule has 84 valence electrons. The minimum Gasteiger partial charge on any atom is -0.348 e. The van der Waals surface area contributed by atoms with Crippen molar-refractivity contribution in [3.05, 3.63) is 18.2 Å². The van der Waals surface area contributed by atoms with E-state index in [2.05, 4.69) is 9.97 Å². The van der Waals surface area contributed by atoms with Crippen molar-refractivity contribution in [3.8, 4) is 6.07 Å². The van der Waals surface area contributed by atoms with Crippen molar-refractivity contribution in [2.24, 2.45) is 0 Å². The number of likely N-dealkylation sites (tertiary alicyclic amines) is 1. The van der Waals surface area contributed by atoms with Gasteiger partial charge in [-0.25, -0.2) is 4.98 Å². The Morgan fingerprint density at radius 1 is 1.62 bits per heavy atom. The molecule has 0 spiro atoms. The van der Waals surface area contributed by atoms with Crippen molar-refractivity contribution in [1.29, 1.82) is 5.26 Å². The standard InChI is InChI=1S/C11H14N4O/c12-4-1-10(16)15-7-2-9(3-8-15)11-13-5-6-14-11/h5-6,9H,1-3,7-8H2,(H,13,14). The SMILES string of the molecule is N#CCC(=O)N1CCC(c2ncc[nH]2)CC1. The molecule has 2 heterocycles. The summed E-state index contributed by atoms with van der Waals surface area (Å²) >= 11 is 0. The fraction of sp³-hybridized carbons (Fsp3) is 0.545. The molecular weight excluding hydrogens is 204 g/mol. The van der Waals surface area contributed by atoms with Crippen LogP contribution in [0.4, 0.5) is 0 Å². The Morgan fingerprint density at radius 3 is 2.94 bits per heavy atom. The molecule has 0 bridgehead atoms. The number of hydrogen-bond donors (Lipinski definition) is 1. The summed E-state index contributed by atoms with van der Waals surface area (Å²) in [6.45, 7) is 1.46. The third-order valence-electron chi connectivity index (χ3n) is 2.98. The molecule has 1 amide bonds. The van der Waals surface area contributed by atoms with E-state index in [4.69, 9.17) is 5.26 Å². The first-order valence-electron chi connectivity index (χ1n) is 5.45. The van der Waals surface area contributed by atoms with Crippen LogP contribution >= 0.6 is 0 Å². The average Bonchev–Trinajstić information content (AvgIpc) is 2.83. The van der Waals surface area contributed by atoms with Crippen molar-refractivity contribution in [2.75, 3.05) is 13.1 Å². The number of H-pyrrole nitrogens is 1. The summed E-state index contributed by atoms with van der Waals surface area (Å²) < 4.78 is 0. The molecule has 1 saturated heterocycles. The number of carbonyl (C=O) groups excluding carboxylic acids is 1. The van der Waals surface area contributed by atoms with E-state index in [1.165, 1.54) is 0 Å². The summed E-state index contributed by atoms with van der Waals surface area (Å²) in [7, 11) is 0. The molecular formula is C11H14N4O. The van der Waals surface area contributed by atoms with Gasteiger partial charge in [0, 0.05) is 31.4 Å². The number of carbonyl (C=O) groups is 1. The lowest BCUT2D eigenvalue weighted by atomic mass is 9.96. The number of piperidine rings is 1. The van der Waals surface area contributed by atoms with Gasteiger partial charge >= 0.3 is 0 Å². The summed E-state index contributed by atoms with van der Waals surface area (Å²) in [4.78, 5) is 20.6. The second kappa shape index (κ2) is 4.79. The van der Waals surface area contributed by atoms with Crippen molar-refractivity contribution < 1.29 is 4.79 Å². The summed E-state index contributed by atoms with van der Waals surface area (Å²) in [6, 6.07) is 1.89. The highest BCUT2D eigenvalue weighted by Crippen LogP contribution is 2.25. The summed E-state index contributed by atoms with van der Waals surface area (Å²) in [5.74, 6) is 1.37. The van der Waals surface area contributed by atoms with E-state index in [9.17, 15) is 4.79 Å². The summed E-state index contributed by atoms with van der Waals surface area (Å²) in [5, 5.41) is 8.46. The van der Waals surface area contributed by atoms with Crippen LogP contribution in [0.2, 0.25) is 0 Å². The number of amides is 1. The summed E-state index contributed by atoms with van der Waals surface area (Å²) in [5.41, 5.74) is 0. The van der Waals surface area contributed by atoms with E-state index in [-0.39, 0.29) is 12.3 Å². The van der Waals surface area contributed by atoms with Crippen LogP contribution in [0.3, 0.4) is 0 Å². The maximum absolute atomic E-state index is 11.5. The van der Waals surface area contributed by atoms with Crippen LogP contribution < -0.4 is 0 Å². The van der Waals surface area contributed by atoms with Gasteiger partial charge in [0.1, 0.15) is 12.2 Å². The Morgan fingerprint density at radius 2 is 2.38 bits per heavy atom. The van der Waals surface area contributed by atoms with Crippen LogP contribution in [-0.2, 0) is 4.79 Å². The minimum absolute atomic E-state index is 0.00851. The second-order valence-electron chi connectivity index (χ2n) is 3.96. The highest BCUT2D eigenvalue weighted by molar-refractivity contribution is 5.78. The zero-order chi connectivity index (χ0) is 11.4. The molecule has 5 nitrogen and oxygen atoms in total. The van der Waals surface area contributed by atoms with Gasteiger partial charge in [-0.1, -0.05) is 0 Å². The Labute approximate surface area is 94.1 Å². The molecule has 0 radical (unpaired) electrons. The molecule has 1 fully saturated rings. The van der Waals surface area contributed by atoms with Crippen molar-refractivity contribution in [2.45, 2.75) is 25.2 Å². The predicted octanol–water partition coefficient (Wildman–Crippen LogP) is 1.03. The lowest BCUT2D eigenvalue weighted by Crippen LogP contribution is -2.37. The number of nitriles is 1. The topological polar surface area (TPSA) is 72.8 Å². The predicted molar refractivity (Wildman–Crippen MR) is 57.4 cm³/mol. The van der Waals surface area contributed by atoms with Crippen molar-refractivity contribution in [1.82, 2.24) is 14.9 Å². The first-order valence-corrected chi connectivity index (χ1v) is 5.45. The van der Waals surface area contributed by atoms with E-state index in [1.54, 1.807) is 11.1 Å². The van der Waals surface area contributed by atoms with Gasteiger partial charge in [-0.15, -0.1) is 0 Å². The van der Waals surface area contributed by atoms with E-state index < -0.39 is 0 Å². The summed E-state index contributed by atoms with van der Waals surface area (Å²) in [6.07, 6.45) is 5.41. The van der Waals surface area contributed by atoms with Crippen molar-refractivity contribution in [3.63, 3.8) is 0 Å². The van der Waals surface area contributed by atoms with E-state index >= 15 is 0 Å². The average molecular weight is 218 g/mol. The quantitative estimate of drug-likeness (QED) is 0.805. The van der Waals surface area contributed by atoms with Gasteiger partial charge in [-0.2, -0.15) is 5.26 Å². The van der Waals surface area contributed by atoms with E-state index in [0.717, 1.165) is 31.8 Å². The van der Waals surface area contributed by atoms with Gasteiger partial charge in [-0.05, 0) is 12.8 Å². The molecule has 1 aromatic heterocycles. The number of hydrogen-bond acceptors (Lipinski definition) is 3. The Balaban J connectivity index is 1.88. The third-order valence-corrected chi connectivity index (χ3v) is 2.98. The second-order valence-corrected chi connectivity index (χ2v) is 3.96.